The number of rotatable bonds is 3. The van der Waals surface area contributed by atoms with Gasteiger partial charge in [-0.1, -0.05) is 12.8 Å². The average molecular weight is 340 g/mol. The van der Waals surface area contributed by atoms with Gasteiger partial charge in [0.1, 0.15) is 12.1 Å². The molecule has 2 fully saturated rings. The van der Waals surface area contributed by atoms with Crippen LogP contribution in [0, 0.1) is 0 Å². The summed E-state index contributed by atoms with van der Waals surface area (Å²) in [6, 6.07) is 5.69. The van der Waals surface area contributed by atoms with Gasteiger partial charge in [0.15, 0.2) is 0 Å². The van der Waals surface area contributed by atoms with E-state index in [2.05, 4.69) is 15.3 Å². The summed E-state index contributed by atoms with van der Waals surface area (Å²) in [6.45, 7) is 4.82. The van der Waals surface area contributed by atoms with E-state index in [-0.39, 0.29) is 11.5 Å². The molecule has 1 aliphatic heterocycles. The van der Waals surface area contributed by atoms with E-state index in [0.717, 1.165) is 36.1 Å². The summed E-state index contributed by atoms with van der Waals surface area (Å²) in [5, 5.41) is 4.17. The number of carbonyl (C=O) groups excluding carboxylic acids is 1. The molecule has 2 aromatic rings. The number of nitrogens with one attached hydrogen (secondary N) is 1. The van der Waals surface area contributed by atoms with E-state index >= 15 is 0 Å². The van der Waals surface area contributed by atoms with E-state index in [1.807, 2.05) is 30.0 Å². The van der Waals surface area contributed by atoms with Crippen LogP contribution >= 0.6 is 0 Å². The number of nitrogens with zero attached hydrogens (tertiary/aromatic N) is 3. The SMILES string of the molecule is CCNc1ncnc2cc(C(=O)N3CCOC4(CCCC4)C3)ccc12. The highest BCUT2D eigenvalue weighted by Crippen LogP contribution is 2.36. The van der Waals surface area contributed by atoms with Crippen LogP contribution in [0.3, 0.4) is 0 Å². The molecular weight excluding hydrogens is 316 g/mol. The molecular formula is C19H24N4O2. The summed E-state index contributed by atoms with van der Waals surface area (Å²) in [7, 11) is 0. The zero-order valence-electron chi connectivity index (χ0n) is 14.6. The lowest BCUT2D eigenvalue weighted by molar-refractivity contribution is -0.0948. The molecule has 1 aromatic heterocycles. The summed E-state index contributed by atoms with van der Waals surface area (Å²) in [5.41, 5.74) is 1.37. The Morgan fingerprint density at radius 2 is 2.16 bits per heavy atom. The van der Waals surface area contributed by atoms with Crippen LogP contribution in [0.4, 0.5) is 5.82 Å². The van der Waals surface area contributed by atoms with Crippen LogP contribution in [0.25, 0.3) is 10.9 Å². The van der Waals surface area contributed by atoms with Crippen molar-refractivity contribution in [2.75, 3.05) is 31.6 Å². The molecule has 1 spiro atoms. The molecule has 25 heavy (non-hydrogen) atoms. The van der Waals surface area contributed by atoms with Crippen LogP contribution in [0.15, 0.2) is 24.5 Å². The number of fused-ring (bicyclic) bond motifs is 1. The first-order valence-corrected chi connectivity index (χ1v) is 9.13. The summed E-state index contributed by atoms with van der Waals surface area (Å²) >= 11 is 0. The highest BCUT2D eigenvalue weighted by molar-refractivity contribution is 5.99. The molecule has 1 saturated heterocycles. The van der Waals surface area contributed by atoms with Crippen molar-refractivity contribution in [3.8, 4) is 0 Å². The summed E-state index contributed by atoms with van der Waals surface area (Å²) in [4.78, 5) is 23.6. The number of benzene rings is 1. The predicted octanol–water partition coefficient (Wildman–Crippen LogP) is 2.85. The fourth-order valence-corrected chi connectivity index (χ4v) is 4.02. The number of hydrogen-bond donors (Lipinski definition) is 1. The minimum Gasteiger partial charge on any atom is -0.371 e. The Morgan fingerprint density at radius 3 is 2.96 bits per heavy atom. The van der Waals surface area contributed by atoms with Gasteiger partial charge in [0.05, 0.1) is 24.3 Å². The smallest absolute Gasteiger partial charge is 0.254 e. The maximum Gasteiger partial charge on any atom is 0.254 e. The van der Waals surface area contributed by atoms with Gasteiger partial charge >= 0.3 is 0 Å². The van der Waals surface area contributed by atoms with Crippen molar-refractivity contribution < 1.29 is 9.53 Å². The van der Waals surface area contributed by atoms with Gasteiger partial charge in [0, 0.05) is 24.0 Å². The second-order valence-corrected chi connectivity index (χ2v) is 6.95. The molecule has 1 saturated carbocycles. The molecule has 0 radical (unpaired) electrons. The average Bonchev–Trinajstić information content (AvgIpc) is 3.08. The number of carbonyl (C=O) groups is 1. The van der Waals surface area contributed by atoms with Gasteiger partial charge < -0.3 is 15.0 Å². The normalized spacial score (nSPS) is 19.5. The van der Waals surface area contributed by atoms with Crippen LogP contribution in [0.2, 0.25) is 0 Å². The summed E-state index contributed by atoms with van der Waals surface area (Å²) in [5.74, 6) is 0.878. The van der Waals surface area contributed by atoms with Crippen molar-refractivity contribution in [1.82, 2.24) is 14.9 Å². The zero-order chi connectivity index (χ0) is 17.3. The highest BCUT2D eigenvalue weighted by atomic mass is 16.5. The van der Waals surface area contributed by atoms with Crippen LogP contribution in [0.1, 0.15) is 43.0 Å². The number of morpholine rings is 1. The van der Waals surface area contributed by atoms with E-state index in [9.17, 15) is 4.79 Å². The van der Waals surface area contributed by atoms with Gasteiger partial charge in [-0.25, -0.2) is 9.97 Å². The first kappa shape index (κ1) is 16.3. The molecule has 1 aromatic carbocycles. The van der Waals surface area contributed by atoms with Crippen LogP contribution < -0.4 is 5.32 Å². The van der Waals surface area contributed by atoms with Crippen molar-refractivity contribution in [2.24, 2.45) is 0 Å². The number of aromatic nitrogens is 2. The maximum absolute atomic E-state index is 13.0. The van der Waals surface area contributed by atoms with E-state index in [1.165, 1.54) is 19.2 Å². The molecule has 2 heterocycles. The summed E-state index contributed by atoms with van der Waals surface area (Å²) < 4.78 is 6.03. The van der Waals surface area contributed by atoms with E-state index in [4.69, 9.17) is 4.74 Å². The lowest BCUT2D eigenvalue weighted by atomic mass is 9.99. The van der Waals surface area contributed by atoms with Crippen molar-refractivity contribution in [1.29, 1.82) is 0 Å². The third-order valence-electron chi connectivity index (χ3n) is 5.28. The Labute approximate surface area is 147 Å². The monoisotopic (exact) mass is 340 g/mol. The quantitative estimate of drug-likeness (QED) is 0.930. The minimum absolute atomic E-state index is 0.0695. The van der Waals surface area contributed by atoms with Gasteiger partial charge in [0.25, 0.3) is 5.91 Å². The van der Waals surface area contributed by atoms with E-state index in [1.54, 1.807) is 0 Å². The number of ether oxygens (including phenoxy) is 1. The molecule has 0 unspecified atom stereocenters. The Balaban J connectivity index is 1.59. The zero-order valence-corrected chi connectivity index (χ0v) is 14.6. The fraction of sp³-hybridized carbons (Fsp3) is 0.526. The molecule has 6 nitrogen and oxygen atoms in total. The van der Waals surface area contributed by atoms with Crippen LogP contribution in [-0.4, -0.2) is 52.6 Å². The third-order valence-corrected chi connectivity index (χ3v) is 5.28. The Bertz CT molecular complexity index is 786. The minimum atomic E-state index is -0.106. The molecule has 1 aliphatic carbocycles. The Kier molecular flexibility index (Phi) is 4.29. The number of amides is 1. The largest absolute Gasteiger partial charge is 0.371 e. The standard InChI is InChI=1S/C19H24N4O2/c1-2-20-17-15-6-5-14(11-16(15)21-13-22-17)18(24)23-9-10-25-19(12-23)7-3-4-8-19/h5-6,11,13H,2-4,7-10,12H2,1H3,(H,20,21,22). The molecule has 0 bridgehead atoms. The van der Waals surface area contributed by atoms with Crippen molar-refractivity contribution in [2.45, 2.75) is 38.2 Å². The predicted molar refractivity (Wildman–Crippen MR) is 96.8 cm³/mol. The fourth-order valence-electron chi connectivity index (χ4n) is 4.02. The number of hydrogen-bond acceptors (Lipinski definition) is 5. The van der Waals surface area contributed by atoms with Crippen molar-refractivity contribution in [3.63, 3.8) is 0 Å². The van der Waals surface area contributed by atoms with Gasteiger partial charge in [-0.3, -0.25) is 4.79 Å². The number of anilines is 1. The highest BCUT2D eigenvalue weighted by Gasteiger charge is 2.40. The lowest BCUT2D eigenvalue weighted by Crippen LogP contribution is -2.52. The third kappa shape index (κ3) is 3.06. The molecule has 6 heteroatoms. The van der Waals surface area contributed by atoms with Crippen molar-refractivity contribution in [3.05, 3.63) is 30.1 Å². The first-order chi connectivity index (χ1) is 12.2. The summed E-state index contributed by atoms with van der Waals surface area (Å²) in [6.07, 6.45) is 6.06. The molecule has 132 valence electrons. The van der Waals surface area contributed by atoms with Gasteiger partial charge in [-0.15, -0.1) is 0 Å². The van der Waals surface area contributed by atoms with Gasteiger partial charge in [0.2, 0.25) is 0 Å². The second kappa shape index (κ2) is 6.59. The van der Waals surface area contributed by atoms with Gasteiger partial charge in [-0.05, 0) is 38.0 Å². The van der Waals surface area contributed by atoms with Crippen molar-refractivity contribution >= 4 is 22.6 Å². The Morgan fingerprint density at radius 1 is 1.32 bits per heavy atom. The topological polar surface area (TPSA) is 67.4 Å². The molecule has 1 amide bonds. The lowest BCUT2D eigenvalue weighted by Gasteiger charge is -2.40. The maximum atomic E-state index is 13.0. The molecule has 0 atom stereocenters. The van der Waals surface area contributed by atoms with Crippen LogP contribution in [-0.2, 0) is 4.74 Å². The van der Waals surface area contributed by atoms with Gasteiger partial charge in [-0.2, -0.15) is 0 Å². The van der Waals surface area contributed by atoms with E-state index < -0.39 is 0 Å². The first-order valence-electron chi connectivity index (χ1n) is 9.13. The van der Waals surface area contributed by atoms with Crippen LogP contribution in [0.5, 0.6) is 0 Å². The molecule has 4 rings (SSSR count). The second-order valence-electron chi connectivity index (χ2n) is 6.95. The van der Waals surface area contributed by atoms with E-state index in [0.29, 0.717) is 25.3 Å². The molecule has 1 N–H and O–H groups in total. The Hall–Kier alpha value is -2.21. The molecule has 2 aliphatic rings.